The van der Waals surface area contributed by atoms with Gasteiger partial charge in [0.05, 0.1) is 43.9 Å². The Morgan fingerprint density at radius 1 is 0.467 bits per heavy atom. The summed E-state index contributed by atoms with van der Waals surface area (Å²) in [6.45, 7) is 0. The van der Waals surface area contributed by atoms with Crippen molar-refractivity contribution in [3.63, 3.8) is 0 Å². The number of halogens is 2. The van der Waals surface area contributed by atoms with E-state index in [0.717, 1.165) is 0 Å². The van der Waals surface area contributed by atoms with Crippen LogP contribution in [0.25, 0.3) is 32.7 Å². The molecular weight excluding hydrogens is 799 g/mol. The number of aromatic hydroxyl groups is 2. The number of fused-ring (bicyclic) bond motifs is 5. The number of ketones is 1. The van der Waals surface area contributed by atoms with E-state index < -0.39 is 11.8 Å². The van der Waals surface area contributed by atoms with Crippen LogP contribution in [0, 0.1) is 0 Å². The zero-order chi connectivity index (χ0) is 41.5. The highest BCUT2D eigenvalue weighted by Crippen LogP contribution is 2.44. The van der Waals surface area contributed by atoms with Gasteiger partial charge in [-0.05, 0) is 82.6 Å². The van der Waals surface area contributed by atoms with Gasteiger partial charge in [-0.1, -0.05) is 108 Å². The van der Waals surface area contributed by atoms with Crippen molar-refractivity contribution in [3.8, 4) is 22.6 Å². The zero-order valence-electron chi connectivity index (χ0n) is 31.0. The van der Waals surface area contributed by atoms with Crippen molar-refractivity contribution in [3.05, 3.63) is 178 Å². The smallest absolute Gasteiger partial charge is 0.259 e. The van der Waals surface area contributed by atoms with E-state index in [2.05, 4.69) is 31.1 Å². The average molecular weight is 828 g/mol. The highest BCUT2D eigenvalue weighted by atomic mass is 35.5. The first kappa shape index (κ1) is 37.8. The minimum Gasteiger partial charge on any atom is -0.505 e. The Morgan fingerprint density at radius 2 is 0.867 bits per heavy atom. The summed E-state index contributed by atoms with van der Waals surface area (Å²) in [5.41, 5.74) is 3.69. The van der Waals surface area contributed by atoms with Crippen molar-refractivity contribution in [1.82, 2.24) is 0 Å². The second kappa shape index (κ2) is 15.6. The fourth-order valence-electron chi connectivity index (χ4n) is 7.08. The second-order valence-corrected chi connectivity index (χ2v) is 14.6. The van der Waals surface area contributed by atoms with Gasteiger partial charge in [-0.15, -0.1) is 10.2 Å². The van der Waals surface area contributed by atoms with Crippen LogP contribution in [0.15, 0.2) is 166 Å². The molecule has 0 aromatic heterocycles. The third-order valence-corrected chi connectivity index (χ3v) is 10.7. The van der Waals surface area contributed by atoms with Gasteiger partial charge >= 0.3 is 0 Å². The Morgan fingerprint density at radius 3 is 1.30 bits per heavy atom. The van der Waals surface area contributed by atoms with Crippen molar-refractivity contribution >= 4 is 96.5 Å². The average Bonchev–Trinajstić information content (AvgIpc) is 3.53. The molecule has 0 saturated heterocycles. The van der Waals surface area contributed by atoms with Crippen LogP contribution in [-0.4, -0.2) is 27.8 Å². The number of hydrogen-bond acceptors (Lipinski definition) is 9. The summed E-state index contributed by atoms with van der Waals surface area (Å²) in [4.78, 5) is 40.6. The Hall–Kier alpha value is -7.73. The van der Waals surface area contributed by atoms with Gasteiger partial charge in [0.15, 0.2) is 17.3 Å². The predicted molar refractivity (Wildman–Crippen MR) is 234 cm³/mol. The summed E-state index contributed by atoms with van der Waals surface area (Å²) >= 11 is 12.5. The summed E-state index contributed by atoms with van der Waals surface area (Å²) in [6, 6.07) is 41.1. The molecule has 0 bridgehead atoms. The SMILES string of the molecule is O=C1c2cc(/N=N/c3c(O)c(C(=O)Nc4ccccc4Cl)cc4ccccc34)ccc2-c2ccc(/N=N/c3c(O)c(C(=O)Nc4ccccc4Cl)cc4ccccc34)cc21. The Kier molecular flexibility index (Phi) is 9.81. The van der Waals surface area contributed by atoms with E-state index in [4.69, 9.17) is 23.2 Å². The van der Waals surface area contributed by atoms with Gasteiger partial charge < -0.3 is 20.8 Å². The molecule has 0 heterocycles. The van der Waals surface area contributed by atoms with Crippen molar-refractivity contribution in [2.45, 2.75) is 0 Å². The molecule has 0 saturated carbocycles. The largest absolute Gasteiger partial charge is 0.505 e. The molecule has 1 aliphatic rings. The molecule has 0 fully saturated rings. The summed E-state index contributed by atoms with van der Waals surface area (Å²) in [7, 11) is 0. The Bertz CT molecular complexity index is 2970. The molecular formula is C47H28Cl2N6O5. The maximum atomic E-state index is 13.9. The number of hydrogen-bond donors (Lipinski definition) is 4. The Balaban J connectivity index is 0.996. The topological polar surface area (TPSA) is 165 Å². The molecule has 9 rings (SSSR count). The number of phenols is 2. The van der Waals surface area contributed by atoms with Gasteiger partial charge in [-0.3, -0.25) is 14.4 Å². The number of nitrogens with zero attached hydrogens (tertiary/aromatic N) is 4. The number of benzene rings is 8. The third kappa shape index (κ3) is 6.98. The van der Waals surface area contributed by atoms with Crippen LogP contribution in [0.1, 0.15) is 36.6 Å². The van der Waals surface area contributed by atoms with Crippen LogP contribution in [0.3, 0.4) is 0 Å². The van der Waals surface area contributed by atoms with Gasteiger partial charge in [-0.25, -0.2) is 0 Å². The minimum atomic E-state index is -0.585. The number of amides is 2. The van der Waals surface area contributed by atoms with E-state index in [1.807, 2.05) is 0 Å². The molecule has 60 heavy (non-hydrogen) atoms. The molecule has 0 aliphatic heterocycles. The number of carbonyl (C=O) groups is 3. The molecule has 0 radical (unpaired) electrons. The monoisotopic (exact) mass is 826 g/mol. The quantitative estimate of drug-likeness (QED) is 0.112. The summed E-state index contributed by atoms with van der Waals surface area (Å²) < 4.78 is 0. The molecule has 13 heteroatoms. The molecule has 290 valence electrons. The van der Waals surface area contributed by atoms with Crippen molar-refractivity contribution in [2.24, 2.45) is 20.5 Å². The molecule has 0 unspecified atom stereocenters. The van der Waals surface area contributed by atoms with Crippen LogP contribution >= 0.6 is 23.2 Å². The molecule has 11 nitrogen and oxygen atoms in total. The number of para-hydroxylation sites is 2. The number of anilines is 2. The number of carbonyl (C=O) groups excluding carboxylic acids is 3. The molecule has 0 atom stereocenters. The highest BCUT2D eigenvalue weighted by Gasteiger charge is 2.28. The summed E-state index contributed by atoms with van der Waals surface area (Å²) in [5, 5.41) is 48.8. The molecule has 8 aromatic rings. The lowest BCUT2D eigenvalue weighted by Crippen LogP contribution is -2.12. The number of phenolic OH excluding ortho intramolecular Hbond substituents is 2. The van der Waals surface area contributed by atoms with Gasteiger partial charge in [-0.2, -0.15) is 10.2 Å². The van der Waals surface area contributed by atoms with Crippen LogP contribution in [-0.2, 0) is 0 Å². The normalized spacial score (nSPS) is 12.0. The van der Waals surface area contributed by atoms with Crippen LogP contribution < -0.4 is 10.6 Å². The number of rotatable bonds is 8. The van der Waals surface area contributed by atoms with Gasteiger partial charge in [0.1, 0.15) is 11.4 Å². The van der Waals surface area contributed by atoms with E-state index in [1.54, 1.807) is 146 Å². The fraction of sp³-hybridized carbons (Fsp3) is 0. The van der Waals surface area contributed by atoms with E-state index in [1.165, 1.54) is 0 Å². The lowest BCUT2D eigenvalue weighted by Gasteiger charge is -2.12. The van der Waals surface area contributed by atoms with Crippen molar-refractivity contribution in [2.75, 3.05) is 10.6 Å². The number of nitrogens with one attached hydrogen (secondary N) is 2. The number of azo groups is 2. The lowest BCUT2D eigenvalue weighted by molar-refractivity contribution is 0.101. The maximum Gasteiger partial charge on any atom is 0.259 e. The molecule has 8 aromatic carbocycles. The zero-order valence-corrected chi connectivity index (χ0v) is 32.5. The first-order valence-electron chi connectivity index (χ1n) is 18.4. The van der Waals surface area contributed by atoms with Crippen LogP contribution in [0.2, 0.25) is 10.0 Å². The fourth-order valence-corrected chi connectivity index (χ4v) is 7.45. The van der Waals surface area contributed by atoms with E-state index in [-0.39, 0.29) is 39.8 Å². The lowest BCUT2D eigenvalue weighted by atomic mass is 10.0. The molecule has 0 spiro atoms. The van der Waals surface area contributed by atoms with Crippen LogP contribution in [0.5, 0.6) is 11.5 Å². The van der Waals surface area contributed by atoms with Gasteiger partial charge in [0, 0.05) is 21.9 Å². The van der Waals surface area contributed by atoms with Crippen LogP contribution in [0.4, 0.5) is 34.1 Å². The first-order chi connectivity index (χ1) is 29.1. The standard InChI is InChI=1S/C47H28Cl2N6O5/c48-37-13-5-7-15-39(37)50-46(59)35-21-25-9-1-3-11-29(25)41(44(35)57)54-52-27-17-19-31-32-20-18-28(24-34(32)43(56)33(31)23-27)53-55-42-30-12-4-2-10-26(30)22-36(45(42)58)47(60)51-40-16-8-6-14-38(40)49/h1-24,57-58H,(H,50,59)(H,51,60)/b54-52+,55-53+. The van der Waals surface area contributed by atoms with E-state index >= 15 is 0 Å². The first-order valence-corrected chi connectivity index (χ1v) is 19.2. The second-order valence-electron chi connectivity index (χ2n) is 13.7. The summed E-state index contributed by atoms with van der Waals surface area (Å²) in [6.07, 6.45) is 0. The summed E-state index contributed by atoms with van der Waals surface area (Å²) in [5.74, 6) is -2.19. The minimum absolute atomic E-state index is 0.0230. The Labute approximate surface area is 351 Å². The maximum absolute atomic E-state index is 13.9. The highest BCUT2D eigenvalue weighted by molar-refractivity contribution is 6.34. The third-order valence-electron chi connectivity index (χ3n) is 10.0. The molecule has 1 aliphatic carbocycles. The van der Waals surface area contributed by atoms with Crippen molar-refractivity contribution in [1.29, 1.82) is 0 Å². The van der Waals surface area contributed by atoms with Gasteiger partial charge in [0.25, 0.3) is 11.8 Å². The predicted octanol–water partition coefficient (Wildman–Crippen LogP) is 13.3. The molecule has 4 N–H and O–H groups in total. The van der Waals surface area contributed by atoms with E-state index in [0.29, 0.717) is 76.6 Å². The van der Waals surface area contributed by atoms with Crippen molar-refractivity contribution < 1.29 is 24.6 Å². The van der Waals surface area contributed by atoms with Gasteiger partial charge in [0.2, 0.25) is 0 Å². The van der Waals surface area contributed by atoms with E-state index in [9.17, 15) is 24.6 Å². The molecule has 2 amide bonds.